The van der Waals surface area contributed by atoms with Crippen molar-refractivity contribution in [2.75, 3.05) is 0 Å². The van der Waals surface area contributed by atoms with Crippen LogP contribution in [0.1, 0.15) is 15.2 Å². The molecule has 0 saturated carbocycles. The van der Waals surface area contributed by atoms with Gasteiger partial charge >= 0.3 is 5.97 Å². The molecule has 1 heterocycles. The van der Waals surface area contributed by atoms with E-state index in [0.29, 0.717) is 17.2 Å². The highest BCUT2D eigenvalue weighted by atomic mass is 35.5. The summed E-state index contributed by atoms with van der Waals surface area (Å²) in [7, 11) is 0. The quantitative estimate of drug-likeness (QED) is 0.747. The zero-order valence-electron chi connectivity index (χ0n) is 12.1. The number of benzene rings is 2. The van der Waals surface area contributed by atoms with Crippen molar-refractivity contribution in [1.82, 2.24) is 4.98 Å². The largest absolute Gasteiger partial charge is 0.477 e. The van der Waals surface area contributed by atoms with Gasteiger partial charge in [0.25, 0.3) is 0 Å². The second-order valence-electron chi connectivity index (χ2n) is 4.73. The number of aromatic nitrogens is 1. The molecule has 0 spiro atoms. The molecule has 0 aliphatic rings. The summed E-state index contributed by atoms with van der Waals surface area (Å²) in [5, 5.41) is 10.1. The molecule has 0 unspecified atom stereocenters. The van der Waals surface area contributed by atoms with Crippen LogP contribution in [0.15, 0.2) is 54.6 Å². The minimum atomic E-state index is -0.965. The maximum atomic E-state index is 11.5. The molecule has 3 aromatic rings. The molecule has 6 heteroatoms. The molecule has 0 radical (unpaired) electrons. The number of nitrogens with zero attached hydrogens (tertiary/aromatic N) is 1. The summed E-state index contributed by atoms with van der Waals surface area (Å²) in [4.78, 5) is 16.3. The first kappa shape index (κ1) is 17.1. The van der Waals surface area contributed by atoms with Crippen LogP contribution >= 0.6 is 23.7 Å². The van der Waals surface area contributed by atoms with E-state index in [-0.39, 0.29) is 17.3 Å². The Kier molecular flexibility index (Phi) is 5.50. The van der Waals surface area contributed by atoms with Gasteiger partial charge in [-0.15, -0.1) is 23.7 Å². The normalized spacial score (nSPS) is 10.1. The molecule has 4 nitrogen and oxygen atoms in total. The van der Waals surface area contributed by atoms with Gasteiger partial charge in [-0.25, -0.2) is 9.78 Å². The van der Waals surface area contributed by atoms with Crippen LogP contribution < -0.4 is 5.73 Å². The molecule has 118 valence electrons. The third-order valence-electron chi connectivity index (χ3n) is 3.34. The van der Waals surface area contributed by atoms with Crippen LogP contribution in [0.2, 0.25) is 0 Å². The Morgan fingerprint density at radius 1 is 1.09 bits per heavy atom. The summed E-state index contributed by atoms with van der Waals surface area (Å²) >= 11 is 1.18. The van der Waals surface area contributed by atoms with Gasteiger partial charge in [-0.05, 0) is 5.56 Å². The summed E-state index contributed by atoms with van der Waals surface area (Å²) < 4.78 is 0. The molecule has 0 atom stereocenters. The molecule has 1 aromatic heterocycles. The van der Waals surface area contributed by atoms with Gasteiger partial charge < -0.3 is 10.8 Å². The average molecular weight is 347 g/mol. The first-order valence-corrected chi connectivity index (χ1v) is 7.60. The molecule has 23 heavy (non-hydrogen) atoms. The van der Waals surface area contributed by atoms with E-state index in [2.05, 4.69) is 4.98 Å². The second kappa shape index (κ2) is 7.37. The van der Waals surface area contributed by atoms with Crippen LogP contribution in [0.3, 0.4) is 0 Å². The van der Waals surface area contributed by atoms with Crippen molar-refractivity contribution in [1.29, 1.82) is 0 Å². The summed E-state index contributed by atoms with van der Waals surface area (Å²) in [6, 6.07) is 17.0. The fourth-order valence-corrected chi connectivity index (χ4v) is 3.27. The van der Waals surface area contributed by atoms with E-state index >= 15 is 0 Å². The smallest absolute Gasteiger partial charge is 0.348 e. The van der Waals surface area contributed by atoms with Crippen LogP contribution in [-0.2, 0) is 6.54 Å². The van der Waals surface area contributed by atoms with E-state index in [1.165, 1.54) is 11.3 Å². The molecule has 0 bridgehead atoms. The van der Waals surface area contributed by atoms with Crippen LogP contribution in [0, 0.1) is 0 Å². The van der Waals surface area contributed by atoms with Crippen molar-refractivity contribution in [3.63, 3.8) is 0 Å². The molecule has 0 saturated heterocycles. The van der Waals surface area contributed by atoms with E-state index in [1.54, 1.807) is 0 Å². The molecule has 0 amide bonds. The van der Waals surface area contributed by atoms with E-state index in [9.17, 15) is 9.90 Å². The van der Waals surface area contributed by atoms with Crippen molar-refractivity contribution in [2.24, 2.45) is 5.73 Å². The van der Waals surface area contributed by atoms with E-state index in [0.717, 1.165) is 16.7 Å². The van der Waals surface area contributed by atoms with Crippen molar-refractivity contribution in [2.45, 2.75) is 6.54 Å². The lowest BCUT2D eigenvalue weighted by atomic mass is 10.1. The first-order chi connectivity index (χ1) is 10.7. The van der Waals surface area contributed by atoms with Crippen molar-refractivity contribution in [3.05, 3.63) is 65.0 Å². The summed E-state index contributed by atoms with van der Waals surface area (Å²) in [6.07, 6.45) is 0. The van der Waals surface area contributed by atoms with Gasteiger partial charge in [-0.2, -0.15) is 0 Å². The molecule has 2 aromatic carbocycles. The summed E-state index contributed by atoms with van der Waals surface area (Å²) in [5.74, 6) is -0.965. The predicted octanol–water partition coefficient (Wildman–Crippen LogP) is 4.06. The number of carboxylic acid groups (broad SMARTS) is 1. The van der Waals surface area contributed by atoms with Gasteiger partial charge in [-0.1, -0.05) is 54.6 Å². The topological polar surface area (TPSA) is 76.2 Å². The van der Waals surface area contributed by atoms with Gasteiger partial charge in [0.15, 0.2) is 0 Å². The molecule has 0 aliphatic heterocycles. The van der Waals surface area contributed by atoms with E-state index < -0.39 is 5.97 Å². The van der Waals surface area contributed by atoms with E-state index in [1.807, 2.05) is 54.6 Å². The van der Waals surface area contributed by atoms with Crippen molar-refractivity contribution < 1.29 is 9.90 Å². The highest BCUT2D eigenvalue weighted by Gasteiger charge is 2.20. The highest BCUT2D eigenvalue weighted by Crippen LogP contribution is 2.35. The molecule has 0 fully saturated rings. The van der Waals surface area contributed by atoms with Crippen LogP contribution in [0.25, 0.3) is 21.8 Å². The highest BCUT2D eigenvalue weighted by molar-refractivity contribution is 7.17. The zero-order chi connectivity index (χ0) is 15.5. The lowest BCUT2D eigenvalue weighted by molar-refractivity contribution is 0.0702. The fraction of sp³-hybridized carbons (Fsp3) is 0.0588. The standard InChI is InChI=1S/C17H14N2O2S.ClH/c18-10-12-8-4-5-9-13(12)16-19-14(15(22-16)17(20)21)11-6-2-1-3-7-11;/h1-9H,10,18H2,(H,20,21);1H. The third-order valence-corrected chi connectivity index (χ3v) is 4.41. The number of carbonyl (C=O) groups is 1. The molecule has 3 N–H and O–H groups in total. The lowest BCUT2D eigenvalue weighted by Crippen LogP contribution is -1.98. The van der Waals surface area contributed by atoms with Gasteiger partial charge in [0.05, 0.1) is 5.69 Å². The SMILES string of the molecule is Cl.NCc1ccccc1-c1nc(-c2ccccc2)c(C(=O)O)s1. The van der Waals surface area contributed by atoms with Crippen molar-refractivity contribution in [3.8, 4) is 21.8 Å². The predicted molar refractivity (Wildman–Crippen MR) is 95.1 cm³/mol. The Bertz CT molecular complexity index is 818. The lowest BCUT2D eigenvalue weighted by Gasteiger charge is -2.03. The Hall–Kier alpha value is -2.21. The number of halogens is 1. The maximum absolute atomic E-state index is 11.5. The molecular weight excluding hydrogens is 332 g/mol. The van der Waals surface area contributed by atoms with Gasteiger partial charge in [0.2, 0.25) is 0 Å². The minimum absolute atomic E-state index is 0. The molecular formula is C17H15ClN2O2S. The zero-order valence-corrected chi connectivity index (χ0v) is 13.7. The van der Waals surface area contributed by atoms with Gasteiger partial charge in [0, 0.05) is 17.7 Å². The first-order valence-electron chi connectivity index (χ1n) is 6.78. The monoisotopic (exact) mass is 346 g/mol. The third kappa shape index (κ3) is 3.42. The second-order valence-corrected chi connectivity index (χ2v) is 5.73. The van der Waals surface area contributed by atoms with Crippen LogP contribution in [0.4, 0.5) is 0 Å². The van der Waals surface area contributed by atoms with Crippen LogP contribution in [0.5, 0.6) is 0 Å². The number of nitrogens with two attached hydrogens (primary N) is 1. The summed E-state index contributed by atoms with van der Waals surface area (Å²) in [6.45, 7) is 0.388. The Morgan fingerprint density at radius 2 is 1.74 bits per heavy atom. The Balaban J connectivity index is 0.00000192. The molecule has 0 aliphatic carbocycles. The number of thiazole rings is 1. The fourth-order valence-electron chi connectivity index (χ4n) is 2.28. The number of hydrogen-bond donors (Lipinski definition) is 2. The summed E-state index contributed by atoms with van der Waals surface area (Å²) in [5.41, 5.74) is 8.90. The number of rotatable bonds is 4. The Labute approximate surface area is 144 Å². The minimum Gasteiger partial charge on any atom is -0.477 e. The van der Waals surface area contributed by atoms with Crippen LogP contribution in [-0.4, -0.2) is 16.1 Å². The van der Waals surface area contributed by atoms with Crippen molar-refractivity contribution >= 4 is 29.7 Å². The van der Waals surface area contributed by atoms with Gasteiger partial charge in [0.1, 0.15) is 9.88 Å². The number of aromatic carboxylic acids is 1. The molecule has 3 rings (SSSR count). The Morgan fingerprint density at radius 3 is 2.39 bits per heavy atom. The number of hydrogen-bond acceptors (Lipinski definition) is 4. The van der Waals surface area contributed by atoms with E-state index in [4.69, 9.17) is 5.73 Å². The number of carboxylic acids is 1. The van der Waals surface area contributed by atoms with Gasteiger partial charge in [-0.3, -0.25) is 0 Å². The maximum Gasteiger partial charge on any atom is 0.348 e. The average Bonchev–Trinajstić information content (AvgIpc) is 3.01.